The molecule has 0 bridgehead atoms. The van der Waals surface area contributed by atoms with Crippen molar-refractivity contribution in [3.8, 4) is 0 Å². The fourth-order valence-electron chi connectivity index (χ4n) is 2.22. The second kappa shape index (κ2) is 6.51. The lowest BCUT2D eigenvalue weighted by molar-refractivity contribution is 0.751. The zero-order chi connectivity index (χ0) is 16.6. The predicted molar refractivity (Wildman–Crippen MR) is 93.7 cm³/mol. The van der Waals surface area contributed by atoms with Crippen LogP contribution in [0.5, 0.6) is 0 Å². The summed E-state index contributed by atoms with van der Waals surface area (Å²) in [6.45, 7) is 4.66. The van der Waals surface area contributed by atoms with Crippen LogP contribution in [0.25, 0.3) is 5.65 Å². The highest BCUT2D eigenvalue weighted by Gasteiger charge is 2.14. The number of imidazole rings is 1. The second-order valence-corrected chi connectivity index (χ2v) is 6.56. The maximum atomic E-state index is 6.04. The molecule has 3 aromatic rings. The molecule has 0 unspecified atom stereocenters. The predicted octanol–water partition coefficient (Wildman–Crippen LogP) is 4.82. The minimum Gasteiger partial charge on any atom is -0.363 e. The first-order valence-electron chi connectivity index (χ1n) is 7.04. The van der Waals surface area contributed by atoms with Gasteiger partial charge in [0.1, 0.15) is 0 Å². The van der Waals surface area contributed by atoms with Crippen molar-refractivity contribution in [3.05, 3.63) is 51.0 Å². The van der Waals surface area contributed by atoms with Crippen molar-refractivity contribution in [2.45, 2.75) is 26.3 Å². The van der Waals surface area contributed by atoms with E-state index >= 15 is 0 Å². The zero-order valence-corrected chi connectivity index (χ0v) is 14.8. The van der Waals surface area contributed by atoms with Crippen molar-refractivity contribution in [1.29, 1.82) is 0 Å². The molecule has 5 nitrogen and oxygen atoms in total. The Morgan fingerprint density at radius 2 is 1.96 bits per heavy atom. The first kappa shape index (κ1) is 16.3. The van der Waals surface area contributed by atoms with Gasteiger partial charge in [0.05, 0.1) is 21.9 Å². The van der Waals surface area contributed by atoms with Crippen LogP contribution < -0.4 is 5.32 Å². The average Bonchev–Trinajstić information content (AvgIpc) is 2.92. The largest absolute Gasteiger partial charge is 0.363 e. The molecular weight excluding hydrogens is 357 g/mol. The fourth-order valence-corrected chi connectivity index (χ4v) is 2.70. The Morgan fingerprint density at radius 1 is 1.17 bits per heavy atom. The van der Waals surface area contributed by atoms with E-state index in [1.54, 1.807) is 16.8 Å². The van der Waals surface area contributed by atoms with E-state index in [0.717, 1.165) is 11.3 Å². The Balaban J connectivity index is 1.92. The molecule has 0 saturated heterocycles. The molecule has 0 aliphatic rings. The molecular formula is C15H14Cl3N5. The Labute approximate surface area is 148 Å². The number of aromatic nitrogens is 4. The number of nitrogens with one attached hydrogen (secondary N) is 1. The van der Waals surface area contributed by atoms with Crippen molar-refractivity contribution in [3.63, 3.8) is 0 Å². The minimum absolute atomic E-state index is 0.161. The third kappa shape index (κ3) is 3.37. The van der Waals surface area contributed by atoms with Crippen LogP contribution in [0.4, 0.5) is 5.82 Å². The fraction of sp³-hybridized carbons (Fsp3) is 0.267. The topological polar surface area (TPSA) is 55.1 Å². The van der Waals surface area contributed by atoms with Crippen molar-refractivity contribution in [2.75, 3.05) is 5.32 Å². The molecule has 0 saturated carbocycles. The van der Waals surface area contributed by atoms with Gasteiger partial charge in [-0.1, -0.05) is 43.1 Å². The molecule has 1 N–H and O–H groups in total. The van der Waals surface area contributed by atoms with Crippen molar-refractivity contribution >= 4 is 46.3 Å². The van der Waals surface area contributed by atoms with E-state index in [4.69, 9.17) is 34.8 Å². The van der Waals surface area contributed by atoms with E-state index in [-0.39, 0.29) is 11.2 Å². The van der Waals surface area contributed by atoms with Gasteiger partial charge in [-0.05, 0) is 35.2 Å². The number of rotatable bonds is 4. The number of fused-ring (bicyclic) bond motifs is 1. The molecule has 120 valence electrons. The summed E-state index contributed by atoms with van der Waals surface area (Å²) in [6, 6.07) is 5.46. The minimum atomic E-state index is 0.161. The van der Waals surface area contributed by atoms with Crippen molar-refractivity contribution in [1.82, 2.24) is 19.6 Å². The Kier molecular flexibility index (Phi) is 4.62. The maximum Gasteiger partial charge on any atom is 0.243 e. The first-order valence-corrected chi connectivity index (χ1v) is 8.18. The molecule has 0 atom stereocenters. The third-order valence-electron chi connectivity index (χ3n) is 3.40. The molecule has 8 heteroatoms. The van der Waals surface area contributed by atoms with Gasteiger partial charge in [0.2, 0.25) is 5.28 Å². The van der Waals surface area contributed by atoms with Gasteiger partial charge in [-0.2, -0.15) is 4.98 Å². The van der Waals surface area contributed by atoms with Gasteiger partial charge >= 0.3 is 0 Å². The number of halogens is 3. The van der Waals surface area contributed by atoms with Gasteiger partial charge in [0.15, 0.2) is 11.5 Å². The van der Waals surface area contributed by atoms with E-state index < -0.39 is 0 Å². The summed E-state index contributed by atoms with van der Waals surface area (Å²) in [4.78, 5) is 8.62. The lowest BCUT2D eigenvalue weighted by atomic mass is 10.2. The molecule has 2 aromatic heterocycles. The van der Waals surface area contributed by atoms with Gasteiger partial charge in [-0.25, -0.2) is 9.50 Å². The SMILES string of the molecule is CC(C)c1cnc2c(NCc3ccc(Cl)c(Cl)c3)nc(Cl)nn12. The van der Waals surface area contributed by atoms with Crippen LogP contribution in [-0.4, -0.2) is 19.6 Å². The lowest BCUT2D eigenvalue weighted by Gasteiger charge is -2.09. The van der Waals surface area contributed by atoms with Gasteiger partial charge in [0, 0.05) is 6.54 Å². The van der Waals surface area contributed by atoms with Crippen molar-refractivity contribution < 1.29 is 0 Å². The molecule has 0 fully saturated rings. The number of anilines is 1. The standard InChI is InChI=1S/C15H14Cl3N5/c1-8(2)12-7-20-14-13(21-15(18)22-23(12)14)19-6-9-3-4-10(16)11(17)5-9/h3-5,7-8H,6H2,1-2H3,(H,19,21,22). The maximum absolute atomic E-state index is 6.04. The van der Waals surface area contributed by atoms with Gasteiger partial charge in [-0.15, -0.1) is 5.10 Å². The molecule has 23 heavy (non-hydrogen) atoms. The van der Waals surface area contributed by atoms with Crippen molar-refractivity contribution in [2.24, 2.45) is 0 Å². The Bertz CT molecular complexity index is 860. The third-order valence-corrected chi connectivity index (χ3v) is 4.30. The Morgan fingerprint density at radius 3 is 2.65 bits per heavy atom. The van der Waals surface area contributed by atoms with E-state index in [0.29, 0.717) is 28.1 Å². The Hall–Kier alpha value is -1.56. The monoisotopic (exact) mass is 369 g/mol. The highest BCUT2D eigenvalue weighted by atomic mass is 35.5. The van der Waals surface area contributed by atoms with E-state index in [2.05, 4.69) is 34.2 Å². The molecule has 3 rings (SSSR count). The van der Waals surface area contributed by atoms with Crippen LogP contribution in [-0.2, 0) is 6.54 Å². The molecule has 1 aromatic carbocycles. The highest BCUT2D eigenvalue weighted by molar-refractivity contribution is 6.42. The summed E-state index contributed by atoms with van der Waals surface area (Å²) >= 11 is 18.0. The lowest BCUT2D eigenvalue weighted by Crippen LogP contribution is -2.08. The molecule has 0 radical (unpaired) electrons. The molecule has 0 aliphatic carbocycles. The van der Waals surface area contributed by atoms with E-state index in [1.165, 1.54) is 0 Å². The van der Waals surface area contributed by atoms with Crippen LogP contribution in [0.3, 0.4) is 0 Å². The smallest absolute Gasteiger partial charge is 0.243 e. The number of benzene rings is 1. The molecule has 0 amide bonds. The molecule has 0 aliphatic heterocycles. The van der Waals surface area contributed by atoms with Gasteiger partial charge in [-0.3, -0.25) is 0 Å². The summed E-state index contributed by atoms with van der Waals surface area (Å²) < 4.78 is 1.72. The number of hydrogen-bond acceptors (Lipinski definition) is 4. The average molecular weight is 371 g/mol. The highest BCUT2D eigenvalue weighted by Crippen LogP contribution is 2.24. The summed E-state index contributed by atoms with van der Waals surface area (Å²) in [5.74, 6) is 0.849. The molecule has 0 spiro atoms. The van der Waals surface area contributed by atoms with Gasteiger partial charge < -0.3 is 5.32 Å². The zero-order valence-electron chi connectivity index (χ0n) is 12.5. The van der Waals surface area contributed by atoms with Crippen LogP contribution in [0, 0.1) is 0 Å². The van der Waals surface area contributed by atoms with Crippen LogP contribution >= 0.6 is 34.8 Å². The van der Waals surface area contributed by atoms with E-state index in [1.807, 2.05) is 12.1 Å². The van der Waals surface area contributed by atoms with Crippen LogP contribution in [0.2, 0.25) is 15.3 Å². The number of nitrogens with zero attached hydrogens (tertiary/aromatic N) is 4. The summed E-state index contributed by atoms with van der Waals surface area (Å²) in [7, 11) is 0. The number of hydrogen-bond donors (Lipinski definition) is 1. The first-order chi connectivity index (χ1) is 11.0. The summed E-state index contributed by atoms with van der Waals surface area (Å²) in [6.07, 6.45) is 1.79. The quantitative estimate of drug-likeness (QED) is 0.715. The van der Waals surface area contributed by atoms with E-state index in [9.17, 15) is 0 Å². The summed E-state index contributed by atoms with van der Waals surface area (Å²) in [5, 5.41) is 8.65. The normalized spacial score (nSPS) is 11.4. The van der Waals surface area contributed by atoms with Crippen LogP contribution in [0.15, 0.2) is 24.4 Å². The summed E-state index contributed by atoms with van der Waals surface area (Å²) in [5.41, 5.74) is 2.59. The van der Waals surface area contributed by atoms with Crippen LogP contribution in [0.1, 0.15) is 31.0 Å². The molecule has 2 heterocycles. The second-order valence-electron chi connectivity index (χ2n) is 5.40. The van der Waals surface area contributed by atoms with Gasteiger partial charge in [0.25, 0.3) is 0 Å².